The summed E-state index contributed by atoms with van der Waals surface area (Å²) in [6, 6.07) is 1.97. The van der Waals surface area contributed by atoms with Crippen molar-refractivity contribution < 1.29 is 0 Å². The maximum Gasteiger partial charge on any atom is 0.202 e. The van der Waals surface area contributed by atoms with Crippen LogP contribution in [0.25, 0.3) is 11.2 Å². The van der Waals surface area contributed by atoms with Crippen LogP contribution < -0.4 is 5.73 Å². The van der Waals surface area contributed by atoms with Crippen LogP contribution in [0.1, 0.15) is 32.6 Å². The number of pyridine rings is 1. The second-order valence-corrected chi connectivity index (χ2v) is 6.18. The maximum atomic E-state index is 6.04. The van der Waals surface area contributed by atoms with Gasteiger partial charge in [0.05, 0.1) is 0 Å². The summed E-state index contributed by atoms with van der Waals surface area (Å²) in [5.74, 6) is 0.579. The van der Waals surface area contributed by atoms with E-state index in [2.05, 4.69) is 37.4 Å². The van der Waals surface area contributed by atoms with Crippen LogP contribution in [0.15, 0.2) is 16.7 Å². The van der Waals surface area contributed by atoms with Gasteiger partial charge in [0.2, 0.25) is 5.95 Å². The van der Waals surface area contributed by atoms with Crippen molar-refractivity contribution >= 4 is 33.0 Å². The first-order valence-corrected chi connectivity index (χ1v) is 7.20. The number of hydrogen-bond acceptors (Lipinski definition) is 3. The summed E-state index contributed by atoms with van der Waals surface area (Å²) in [4.78, 5) is 8.85. The normalized spacial score (nSPS) is 17.9. The molecule has 0 spiro atoms. The molecule has 0 unspecified atom stereocenters. The van der Waals surface area contributed by atoms with E-state index in [1.165, 1.54) is 25.7 Å². The molecule has 18 heavy (non-hydrogen) atoms. The van der Waals surface area contributed by atoms with Crippen LogP contribution in [0.4, 0.5) is 5.95 Å². The lowest BCUT2D eigenvalue weighted by atomic mass is 9.67. The summed E-state index contributed by atoms with van der Waals surface area (Å²) in [5, 5.41) is 0. The van der Waals surface area contributed by atoms with Crippen molar-refractivity contribution in [3.63, 3.8) is 0 Å². The number of rotatable bonds is 3. The van der Waals surface area contributed by atoms with Gasteiger partial charge in [-0.3, -0.25) is 4.57 Å². The molecule has 2 N–H and O–H groups in total. The number of anilines is 1. The van der Waals surface area contributed by atoms with Crippen molar-refractivity contribution in [2.24, 2.45) is 5.41 Å². The number of nitrogens with zero attached hydrogens (tertiary/aromatic N) is 3. The van der Waals surface area contributed by atoms with Gasteiger partial charge in [0.1, 0.15) is 5.52 Å². The Morgan fingerprint density at radius 3 is 2.89 bits per heavy atom. The molecule has 0 atom stereocenters. The highest BCUT2D eigenvalue weighted by Gasteiger charge is 2.36. The fourth-order valence-electron chi connectivity index (χ4n) is 2.80. The van der Waals surface area contributed by atoms with E-state index in [-0.39, 0.29) is 0 Å². The number of fused-ring (bicyclic) bond motifs is 1. The molecule has 1 aliphatic rings. The van der Waals surface area contributed by atoms with Gasteiger partial charge in [0, 0.05) is 17.2 Å². The Kier molecular flexibility index (Phi) is 2.81. The molecule has 4 nitrogen and oxygen atoms in total. The third-order valence-electron chi connectivity index (χ3n) is 4.24. The highest BCUT2D eigenvalue weighted by molar-refractivity contribution is 9.10. The Morgan fingerprint density at radius 2 is 2.28 bits per heavy atom. The molecular formula is C13H17BrN4. The fraction of sp³-hybridized carbons (Fsp3) is 0.538. The van der Waals surface area contributed by atoms with Crippen molar-refractivity contribution in [1.29, 1.82) is 0 Å². The van der Waals surface area contributed by atoms with E-state index in [1.54, 1.807) is 6.20 Å². The number of aromatic nitrogens is 3. The SMILES string of the molecule is CCC1(Cn2c(N)nc3cc(Br)cnc32)CCC1. The number of imidazole rings is 1. The van der Waals surface area contributed by atoms with E-state index in [4.69, 9.17) is 5.73 Å². The molecular weight excluding hydrogens is 292 g/mol. The molecule has 0 aromatic carbocycles. The van der Waals surface area contributed by atoms with Crippen molar-refractivity contribution in [2.75, 3.05) is 5.73 Å². The third kappa shape index (κ3) is 1.81. The van der Waals surface area contributed by atoms with Gasteiger partial charge in [0.25, 0.3) is 0 Å². The first-order chi connectivity index (χ1) is 8.63. The topological polar surface area (TPSA) is 56.7 Å². The van der Waals surface area contributed by atoms with Crippen LogP contribution in [0.3, 0.4) is 0 Å². The van der Waals surface area contributed by atoms with Gasteiger partial charge in [-0.2, -0.15) is 0 Å². The van der Waals surface area contributed by atoms with Gasteiger partial charge >= 0.3 is 0 Å². The monoisotopic (exact) mass is 308 g/mol. The average molecular weight is 309 g/mol. The Morgan fingerprint density at radius 1 is 1.50 bits per heavy atom. The smallest absolute Gasteiger partial charge is 0.202 e. The van der Waals surface area contributed by atoms with Crippen molar-refractivity contribution in [1.82, 2.24) is 14.5 Å². The Bertz CT molecular complexity index is 580. The third-order valence-corrected chi connectivity index (χ3v) is 4.67. The van der Waals surface area contributed by atoms with Crippen LogP contribution in [0, 0.1) is 5.41 Å². The molecule has 0 bridgehead atoms. The standard InChI is InChI=1S/C13H17BrN4/c1-2-13(4-3-5-13)8-18-11-10(17-12(18)15)6-9(14)7-16-11/h6-7H,2-5,8H2,1H3,(H2,15,17). The molecule has 2 heterocycles. The first-order valence-electron chi connectivity index (χ1n) is 6.41. The molecule has 0 saturated heterocycles. The van der Waals surface area contributed by atoms with E-state index in [0.717, 1.165) is 22.2 Å². The summed E-state index contributed by atoms with van der Waals surface area (Å²) >= 11 is 3.41. The Labute approximate surface area is 115 Å². The van der Waals surface area contributed by atoms with E-state index < -0.39 is 0 Å². The van der Waals surface area contributed by atoms with Gasteiger partial charge in [-0.1, -0.05) is 13.3 Å². The van der Waals surface area contributed by atoms with E-state index in [9.17, 15) is 0 Å². The minimum Gasteiger partial charge on any atom is -0.369 e. The van der Waals surface area contributed by atoms with Crippen molar-refractivity contribution in [2.45, 2.75) is 39.2 Å². The Hall–Kier alpha value is -1.10. The van der Waals surface area contributed by atoms with Crippen LogP contribution in [0.2, 0.25) is 0 Å². The Balaban J connectivity index is 2.03. The molecule has 0 aliphatic heterocycles. The van der Waals surface area contributed by atoms with Gasteiger partial charge < -0.3 is 5.73 Å². The predicted octanol–water partition coefficient (Wildman–Crippen LogP) is 3.36. The average Bonchev–Trinajstić information content (AvgIpc) is 2.59. The number of halogens is 1. The summed E-state index contributed by atoms with van der Waals surface area (Å²) in [7, 11) is 0. The highest BCUT2D eigenvalue weighted by Crippen LogP contribution is 2.45. The lowest BCUT2D eigenvalue weighted by Gasteiger charge is -2.41. The van der Waals surface area contributed by atoms with Crippen LogP contribution in [-0.2, 0) is 6.54 Å². The van der Waals surface area contributed by atoms with E-state index in [1.807, 2.05) is 6.07 Å². The van der Waals surface area contributed by atoms with Crippen molar-refractivity contribution in [3.8, 4) is 0 Å². The zero-order valence-electron chi connectivity index (χ0n) is 10.5. The highest BCUT2D eigenvalue weighted by atomic mass is 79.9. The molecule has 0 radical (unpaired) electrons. The molecule has 1 fully saturated rings. The minimum absolute atomic E-state index is 0.413. The molecule has 1 saturated carbocycles. The number of nitrogens with two attached hydrogens (primary N) is 1. The minimum atomic E-state index is 0.413. The zero-order valence-corrected chi connectivity index (χ0v) is 12.1. The summed E-state index contributed by atoms with van der Waals surface area (Å²) in [5.41, 5.74) is 8.22. The summed E-state index contributed by atoms with van der Waals surface area (Å²) in [6.45, 7) is 3.21. The molecule has 1 aliphatic carbocycles. The first kappa shape index (κ1) is 12.0. The largest absolute Gasteiger partial charge is 0.369 e. The van der Waals surface area contributed by atoms with Crippen LogP contribution in [-0.4, -0.2) is 14.5 Å². The molecule has 96 valence electrons. The molecule has 0 amide bonds. The fourth-order valence-corrected chi connectivity index (χ4v) is 3.11. The van der Waals surface area contributed by atoms with Gasteiger partial charge in [0.15, 0.2) is 5.65 Å². The summed E-state index contributed by atoms with van der Waals surface area (Å²) in [6.07, 6.45) is 6.92. The van der Waals surface area contributed by atoms with Crippen molar-refractivity contribution in [3.05, 3.63) is 16.7 Å². The quantitative estimate of drug-likeness (QED) is 0.946. The van der Waals surface area contributed by atoms with Gasteiger partial charge in [-0.05, 0) is 46.7 Å². The number of nitrogen functional groups attached to an aromatic ring is 1. The van der Waals surface area contributed by atoms with E-state index >= 15 is 0 Å². The second kappa shape index (κ2) is 4.23. The molecule has 2 aromatic rings. The molecule has 2 aromatic heterocycles. The zero-order chi connectivity index (χ0) is 12.8. The lowest BCUT2D eigenvalue weighted by molar-refractivity contribution is 0.103. The second-order valence-electron chi connectivity index (χ2n) is 5.26. The maximum absolute atomic E-state index is 6.04. The lowest BCUT2D eigenvalue weighted by Crippen LogP contribution is -2.33. The van der Waals surface area contributed by atoms with Crippen LogP contribution >= 0.6 is 15.9 Å². The molecule has 3 rings (SSSR count). The predicted molar refractivity (Wildman–Crippen MR) is 76.2 cm³/mol. The van der Waals surface area contributed by atoms with Gasteiger partial charge in [-0.15, -0.1) is 0 Å². The van der Waals surface area contributed by atoms with E-state index in [0.29, 0.717) is 11.4 Å². The number of hydrogen-bond donors (Lipinski definition) is 1. The van der Waals surface area contributed by atoms with Crippen LogP contribution in [0.5, 0.6) is 0 Å². The van der Waals surface area contributed by atoms with Gasteiger partial charge in [-0.25, -0.2) is 9.97 Å². The molecule has 5 heteroatoms. The summed E-state index contributed by atoms with van der Waals surface area (Å²) < 4.78 is 3.01.